The molecule has 1 saturated carbocycles. The molecule has 0 bridgehead atoms. The maximum absolute atomic E-state index is 12.2. The minimum absolute atomic E-state index is 0.118. The van der Waals surface area contributed by atoms with E-state index in [2.05, 4.69) is 4.90 Å². The Morgan fingerprint density at radius 1 is 1.18 bits per heavy atom. The third kappa shape index (κ3) is 2.99. The molecule has 0 spiro atoms. The van der Waals surface area contributed by atoms with Gasteiger partial charge in [-0.1, -0.05) is 20.8 Å². The Hall–Kier alpha value is -0.610. The lowest BCUT2D eigenvalue weighted by atomic mass is 9.86. The summed E-state index contributed by atoms with van der Waals surface area (Å²) in [7, 11) is 0. The van der Waals surface area contributed by atoms with Crippen molar-refractivity contribution >= 4 is 5.91 Å². The normalized spacial score (nSPS) is 24.8. The molecule has 0 aromatic rings. The maximum atomic E-state index is 12.2. The molecule has 1 aliphatic heterocycles. The van der Waals surface area contributed by atoms with Crippen LogP contribution in [-0.4, -0.2) is 54.0 Å². The van der Waals surface area contributed by atoms with Crippen LogP contribution in [-0.2, 0) is 4.79 Å². The number of rotatable bonds is 2. The van der Waals surface area contributed by atoms with E-state index < -0.39 is 0 Å². The first-order valence-electron chi connectivity index (χ1n) is 6.68. The van der Waals surface area contributed by atoms with Gasteiger partial charge in [0.15, 0.2) is 0 Å². The Labute approximate surface area is 104 Å². The van der Waals surface area contributed by atoms with E-state index in [-0.39, 0.29) is 17.4 Å². The first-order chi connectivity index (χ1) is 7.89. The van der Waals surface area contributed by atoms with E-state index in [0.29, 0.717) is 0 Å². The van der Waals surface area contributed by atoms with E-state index in [1.54, 1.807) is 0 Å². The third-order valence-electron chi connectivity index (χ3n) is 3.89. The van der Waals surface area contributed by atoms with Crippen molar-refractivity contribution in [2.24, 2.45) is 11.1 Å². The Kier molecular flexibility index (Phi) is 3.46. The van der Waals surface area contributed by atoms with Gasteiger partial charge in [-0.15, -0.1) is 0 Å². The number of carbonyl (C=O) groups is 1. The van der Waals surface area contributed by atoms with Crippen molar-refractivity contribution in [2.45, 2.75) is 45.7 Å². The van der Waals surface area contributed by atoms with Gasteiger partial charge in [-0.05, 0) is 18.3 Å². The standard InChI is InChI=1S/C13H25N3O/c1-13(2,3)11(14)12(17)16-8-6-15(7-9-16)10-4-5-10/h10-11H,4-9,14H2,1-3H3/t11-/m1/s1. The molecule has 1 amide bonds. The molecule has 1 aliphatic carbocycles. The van der Waals surface area contributed by atoms with Crippen LogP contribution >= 0.6 is 0 Å². The number of carbonyl (C=O) groups excluding carboxylic acids is 1. The lowest BCUT2D eigenvalue weighted by Crippen LogP contribution is -2.56. The molecule has 2 N–H and O–H groups in total. The van der Waals surface area contributed by atoms with Crippen LogP contribution in [0.15, 0.2) is 0 Å². The van der Waals surface area contributed by atoms with Crippen molar-refractivity contribution in [1.82, 2.24) is 9.80 Å². The molecule has 0 aromatic heterocycles. The number of hydrogen-bond donors (Lipinski definition) is 1. The van der Waals surface area contributed by atoms with E-state index in [4.69, 9.17) is 5.73 Å². The molecule has 1 atom stereocenters. The van der Waals surface area contributed by atoms with Gasteiger partial charge in [0.25, 0.3) is 0 Å². The molecule has 1 heterocycles. The Bertz CT molecular complexity index is 286. The zero-order valence-corrected chi connectivity index (χ0v) is 11.3. The minimum Gasteiger partial charge on any atom is -0.339 e. The van der Waals surface area contributed by atoms with Crippen molar-refractivity contribution in [1.29, 1.82) is 0 Å². The molecule has 1 saturated heterocycles. The number of hydrogen-bond acceptors (Lipinski definition) is 3. The second-order valence-electron chi connectivity index (χ2n) is 6.44. The highest BCUT2D eigenvalue weighted by atomic mass is 16.2. The number of piperazine rings is 1. The molecule has 2 aliphatic rings. The van der Waals surface area contributed by atoms with Crippen molar-refractivity contribution in [3.8, 4) is 0 Å². The van der Waals surface area contributed by atoms with Crippen LogP contribution < -0.4 is 5.73 Å². The first-order valence-corrected chi connectivity index (χ1v) is 6.68. The third-order valence-corrected chi connectivity index (χ3v) is 3.89. The lowest BCUT2D eigenvalue weighted by molar-refractivity contribution is -0.136. The van der Waals surface area contributed by atoms with E-state index in [1.807, 2.05) is 25.7 Å². The topological polar surface area (TPSA) is 49.6 Å². The van der Waals surface area contributed by atoms with Gasteiger partial charge in [-0.2, -0.15) is 0 Å². The minimum atomic E-state index is -0.380. The van der Waals surface area contributed by atoms with Crippen molar-refractivity contribution in [3.63, 3.8) is 0 Å². The Morgan fingerprint density at radius 3 is 2.12 bits per heavy atom. The fourth-order valence-corrected chi connectivity index (χ4v) is 2.31. The van der Waals surface area contributed by atoms with Gasteiger partial charge in [0.2, 0.25) is 5.91 Å². The highest BCUT2D eigenvalue weighted by Gasteiger charge is 2.35. The number of nitrogens with zero attached hydrogens (tertiary/aromatic N) is 2. The molecule has 17 heavy (non-hydrogen) atoms. The van der Waals surface area contributed by atoms with E-state index in [9.17, 15) is 4.79 Å². The molecule has 0 unspecified atom stereocenters. The lowest BCUT2D eigenvalue weighted by Gasteiger charge is -2.38. The summed E-state index contributed by atoms with van der Waals surface area (Å²) >= 11 is 0. The van der Waals surface area contributed by atoms with Gasteiger partial charge in [0, 0.05) is 32.2 Å². The summed E-state index contributed by atoms with van der Waals surface area (Å²) in [6.07, 6.45) is 2.69. The average Bonchev–Trinajstić information content (AvgIpc) is 3.10. The molecule has 98 valence electrons. The second kappa shape index (κ2) is 4.58. The highest BCUT2D eigenvalue weighted by Crippen LogP contribution is 2.28. The van der Waals surface area contributed by atoms with Crippen LogP contribution in [0.1, 0.15) is 33.6 Å². The zero-order valence-electron chi connectivity index (χ0n) is 11.3. The van der Waals surface area contributed by atoms with Gasteiger partial charge < -0.3 is 10.6 Å². The Balaban J connectivity index is 1.85. The fourth-order valence-electron chi connectivity index (χ4n) is 2.31. The van der Waals surface area contributed by atoms with Gasteiger partial charge in [-0.25, -0.2) is 0 Å². The SMILES string of the molecule is CC(C)(C)[C@H](N)C(=O)N1CCN(C2CC2)CC1. The summed E-state index contributed by atoms with van der Waals surface area (Å²) in [5.41, 5.74) is 5.88. The van der Waals surface area contributed by atoms with Gasteiger partial charge in [0.1, 0.15) is 0 Å². The summed E-state index contributed by atoms with van der Waals surface area (Å²) in [5.74, 6) is 0.118. The second-order valence-corrected chi connectivity index (χ2v) is 6.44. The van der Waals surface area contributed by atoms with Crippen LogP contribution in [0, 0.1) is 5.41 Å². The van der Waals surface area contributed by atoms with Crippen LogP contribution in [0.5, 0.6) is 0 Å². The summed E-state index contributed by atoms with van der Waals surface area (Å²) in [5, 5.41) is 0. The molecule has 2 fully saturated rings. The molecular formula is C13H25N3O. The van der Waals surface area contributed by atoms with Crippen LogP contribution in [0.4, 0.5) is 0 Å². The van der Waals surface area contributed by atoms with Crippen molar-refractivity contribution in [2.75, 3.05) is 26.2 Å². The van der Waals surface area contributed by atoms with E-state index >= 15 is 0 Å². The largest absolute Gasteiger partial charge is 0.339 e. The summed E-state index contributed by atoms with van der Waals surface area (Å²) in [6.45, 7) is 9.81. The van der Waals surface area contributed by atoms with E-state index in [0.717, 1.165) is 32.2 Å². The fraction of sp³-hybridized carbons (Fsp3) is 0.923. The molecule has 4 nitrogen and oxygen atoms in total. The smallest absolute Gasteiger partial charge is 0.240 e. The molecule has 4 heteroatoms. The number of amides is 1. The van der Waals surface area contributed by atoms with Crippen LogP contribution in [0.2, 0.25) is 0 Å². The highest BCUT2D eigenvalue weighted by molar-refractivity contribution is 5.82. The summed E-state index contributed by atoms with van der Waals surface area (Å²) < 4.78 is 0. The predicted octanol–water partition coefficient (Wildman–Crippen LogP) is 0.666. The maximum Gasteiger partial charge on any atom is 0.240 e. The molecule has 2 rings (SSSR count). The van der Waals surface area contributed by atoms with Gasteiger partial charge in [-0.3, -0.25) is 9.69 Å². The van der Waals surface area contributed by atoms with E-state index in [1.165, 1.54) is 12.8 Å². The van der Waals surface area contributed by atoms with Crippen LogP contribution in [0.3, 0.4) is 0 Å². The molecular weight excluding hydrogens is 214 g/mol. The van der Waals surface area contributed by atoms with Gasteiger partial charge in [0.05, 0.1) is 6.04 Å². The molecule has 0 aromatic carbocycles. The summed E-state index contributed by atoms with van der Waals surface area (Å²) in [4.78, 5) is 16.7. The van der Waals surface area contributed by atoms with Crippen molar-refractivity contribution < 1.29 is 4.79 Å². The quantitative estimate of drug-likeness (QED) is 0.770. The number of nitrogens with two attached hydrogens (primary N) is 1. The Morgan fingerprint density at radius 2 is 1.71 bits per heavy atom. The zero-order chi connectivity index (χ0) is 12.6. The van der Waals surface area contributed by atoms with Crippen LogP contribution in [0.25, 0.3) is 0 Å². The molecule has 0 radical (unpaired) electrons. The summed E-state index contributed by atoms with van der Waals surface area (Å²) in [6, 6.07) is 0.429. The average molecular weight is 239 g/mol. The predicted molar refractivity (Wildman–Crippen MR) is 68.6 cm³/mol. The monoisotopic (exact) mass is 239 g/mol. The van der Waals surface area contributed by atoms with Gasteiger partial charge >= 0.3 is 0 Å². The van der Waals surface area contributed by atoms with Crippen molar-refractivity contribution in [3.05, 3.63) is 0 Å². The first kappa shape index (κ1) is 12.8.